The summed E-state index contributed by atoms with van der Waals surface area (Å²) in [6, 6.07) is 0. The van der Waals surface area contributed by atoms with E-state index in [0.29, 0.717) is 24.5 Å². The summed E-state index contributed by atoms with van der Waals surface area (Å²) in [4.78, 5) is 11.6. The molecule has 0 aromatic carbocycles. The topological polar surface area (TPSA) is 37.3 Å². The Hall–Kier alpha value is -0.790. The molecular formula is C13H22O2. The molecule has 1 aliphatic rings. The molecule has 0 spiro atoms. The number of ketones is 1. The highest BCUT2D eigenvalue weighted by molar-refractivity contribution is 5.96. The molecule has 0 heterocycles. The second-order valence-corrected chi connectivity index (χ2v) is 4.50. The summed E-state index contributed by atoms with van der Waals surface area (Å²) in [5.41, 5.74) is 0.724. The van der Waals surface area contributed by atoms with Gasteiger partial charge in [0.1, 0.15) is 0 Å². The van der Waals surface area contributed by atoms with Gasteiger partial charge in [0.15, 0.2) is 5.78 Å². The van der Waals surface area contributed by atoms with Gasteiger partial charge in [-0.15, -0.1) is 0 Å². The maximum Gasteiger partial charge on any atom is 0.162 e. The molecule has 1 fully saturated rings. The summed E-state index contributed by atoms with van der Waals surface area (Å²) in [6.07, 6.45) is 6.35. The highest BCUT2D eigenvalue weighted by Crippen LogP contribution is 2.31. The van der Waals surface area contributed by atoms with Gasteiger partial charge in [-0.3, -0.25) is 4.79 Å². The predicted molar refractivity (Wildman–Crippen MR) is 61.8 cm³/mol. The van der Waals surface area contributed by atoms with Gasteiger partial charge in [0.25, 0.3) is 0 Å². The van der Waals surface area contributed by atoms with E-state index >= 15 is 0 Å². The highest BCUT2D eigenvalue weighted by atomic mass is 16.3. The fourth-order valence-corrected chi connectivity index (χ4v) is 2.31. The minimum Gasteiger partial charge on any atom is -0.512 e. The Morgan fingerprint density at radius 2 is 2.13 bits per heavy atom. The number of hydrogen-bond donors (Lipinski definition) is 1. The van der Waals surface area contributed by atoms with E-state index in [1.54, 1.807) is 0 Å². The van der Waals surface area contributed by atoms with Crippen LogP contribution in [0.15, 0.2) is 11.3 Å². The molecule has 0 amide bonds. The van der Waals surface area contributed by atoms with Crippen molar-refractivity contribution in [2.45, 2.75) is 58.8 Å². The summed E-state index contributed by atoms with van der Waals surface area (Å²) in [5.74, 6) is 1.14. The third kappa shape index (κ3) is 3.37. The predicted octanol–water partition coefficient (Wildman–Crippen LogP) is 3.77. The van der Waals surface area contributed by atoms with Crippen molar-refractivity contribution in [3.8, 4) is 0 Å². The van der Waals surface area contributed by atoms with Crippen LogP contribution in [0.5, 0.6) is 0 Å². The van der Waals surface area contributed by atoms with Crippen LogP contribution in [0.4, 0.5) is 0 Å². The Morgan fingerprint density at radius 1 is 1.40 bits per heavy atom. The number of carbonyl (C=O) groups is 1. The molecule has 0 radical (unpaired) electrons. The zero-order chi connectivity index (χ0) is 11.3. The summed E-state index contributed by atoms with van der Waals surface area (Å²) in [5, 5.41) is 9.79. The number of aliphatic hydroxyl groups is 1. The fraction of sp³-hybridized carbons (Fsp3) is 0.769. The van der Waals surface area contributed by atoms with Crippen molar-refractivity contribution in [3.05, 3.63) is 11.3 Å². The minimum atomic E-state index is 0.174. The molecule has 1 N–H and O–H groups in total. The minimum absolute atomic E-state index is 0.174. The number of hydrogen-bond acceptors (Lipinski definition) is 2. The van der Waals surface area contributed by atoms with Crippen molar-refractivity contribution in [3.63, 3.8) is 0 Å². The largest absolute Gasteiger partial charge is 0.512 e. The highest BCUT2D eigenvalue weighted by Gasteiger charge is 2.25. The SMILES string of the molecule is CCCC(O)=C1CC(CCC)CCC1=O. The average Bonchev–Trinajstić information content (AvgIpc) is 2.21. The first-order valence-electron chi connectivity index (χ1n) is 6.13. The van der Waals surface area contributed by atoms with E-state index in [9.17, 15) is 9.90 Å². The molecule has 1 unspecified atom stereocenters. The van der Waals surface area contributed by atoms with E-state index in [1.165, 1.54) is 12.8 Å². The van der Waals surface area contributed by atoms with Crippen LogP contribution in [0, 0.1) is 5.92 Å². The van der Waals surface area contributed by atoms with Crippen molar-refractivity contribution in [2.75, 3.05) is 0 Å². The monoisotopic (exact) mass is 210 g/mol. The van der Waals surface area contributed by atoms with E-state index in [0.717, 1.165) is 24.8 Å². The van der Waals surface area contributed by atoms with Crippen LogP contribution in [0.2, 0.25) is 0 Å². The van der Waals surface area contributed by atoms with Crippen LogP contribution in [-0.2, 0) is 4.79 Å². The van der Waals surface area contributed by atoms with Crippen LogP contribution in [-0.4, -0.2) is 10.9 Å². The molecule has 1 saturated carbocycles. The van der Waals surface area contributed by atoms with Gasteiger partial charge in [0, 0.05) is 18.4 Å². The van der Waals surface area contributed by atoms with E-state index in [2.05, 4.69) is 6.92 Å². The first kappa shape index (κ1) is 12.3. The Kier molecular flexibility index (Phi) is 4.86. The molecule has 0 bridgehead atoms. The first-order valence-corrected chi connectivity index (χ1v) is 6.13. The second-order valence-electron chi connectivity index (χ2n) is 4.50. The Balaban J connectivity index is 2.68. The third-order valence-electron chi connectivity index (χ3n) is 3.14. The lowest BCUT2D eigenvalue weighted by atomic mass is 9.81. The molecule has 0 saturated heterocycles. The normalized spacial score (nSPS) is 25.5. The molecule has 15 heavy (non-hydrogen) atoms. The van der Waals surface area contributed by atoms with Crippen LogP contribution >= 0.6 is 0 Å². The second kappa shape index (κ2) is 5.94. The van der Waals surface area contributed by atoms with E-state index in [4.69, 9.17) is 0 Å². The Bertz CT molecular complexity index is 253. The van der Waals surface area contributed by atoms with Gasteiger partial charge in [0.05, 0.1) is 5.76 Å². The van der Waals surface area contributed by atoms with Crippen LogP contribution < -0.4 is 0 Å². The molecule has 1 aliphatic carbocycles. The molecular weight excluding hydrogens is 188 g/mol. The van der Waals surface area contributed by atoms with Gasteiger partial charge in [-0.25, -0.2) is 0 Å². The number of rotatable bonds is 4. The quantitative estimate of drug-likeness (QED) is 0.566. The van der Waals surface area contributed by atoms with E-state index in [-0.39, 0.29) is 5.78 Å². The maximum absolute atomic E-state index is 11.6. The maximum atomic E-state index is 11.6. The van der Waals surface area contributed by atoms with Crippen molar-refractivity contribution in [1.29, 1.82) is 0 Å². The molecule has 0 aromatic heterocycles. The van der Waals surface area contributed by atoms with Crippen LogP contribution in [0.3, 0.4) is 0 Å². The Morgan fingerprint density at radius 3 is 2.73 bits per heavy atom. The number of carbonyl (C=O) groups excluding carboxylic acids is 1. The lowest BCUT2D eigenvalue weighted by molar-refractivity contribution is -0.117. The number of allylic oxidation sites excluding steroid dienone is 2. The molecule has 2 heteroatoms. The van der Waals surface area contributed by atoms with Gasteiger partial charge in [-0.2, -0.15) is 0 Å². The number of aliphatic hydroxyl groups excluding tert-OH is 1. The smallest absolute Gasteiger partial charge is 0.162 e. The molecule has 1 atom stereocenters. The van der Waals surface area contributed by atoms with Crippen LogP contribution in [0.25, 0.3) is 0 Å². The third-order valence-corrected chi connectivity index (χ3v) is 3.14. The Labute approximate surface area is 92.4 Å². The molecule has 1 rings (SSSR count). The van der Waals surface area contributed by atoms with Gasteiger partial charge < -0.3 is 5.11 Å². The standard InChI is InChI=1S/C13H22O2/c1-3-5-10-7-8-13(15)11(9-10)12(14)6-4-2/h10,14H,3-9H2,1-2H3. The lowest BCUT2D eigenvalue weighted by Crippen LogP contribution is -2.18. The van der Waals surface area contributed by atoms with E-state index < -0.39 is 0 Å². The van der Waals surface area contributed by atoms with Gasteiger partial charge in [0.2, 0.25) is 0 Å². The van der Waals surface area contributed by atoms with Crippen molar-refractivity contribution < 1.29 is 9.90 Å². The van der Waals surface area contributed by atoms with Crippen molar-refractivity contribution in [2.24, 2.45) is 5.92 Å². The lowest BCUT2D eigenvalue weighted by Gasteiger charge is -2.23. The van der Waals surface area contributed by atoms with Crippen LogP contribution in [0.1, 0.15) is 58.8 Å². The average molecular weight is 210 g/mol. The molecule has 0 aromatic rings. The zero-order valence-electron chi connectivity index (χ0n) is 9.88. The van der Waals surface area contributed by atoms with Gasteiger partial charge in [-0.05, 0) is 25.2 Å². The summed E-state index contributed by atoms with van der Waals surface area (Å²) in [6.45, 7) is 4.19. The van der Waals surface area contributed by atoms with Gasteiger partial charge >= 0.3 is 0 Å². The van der Waals surface area contributed by atoms with Gasteiger partial charge in [-0.1, -0.05) is 26.7 Å². The summed E-state index contributed by atoms with van der Waals surface area (Å²) in [7, 11) is 0. The van der Waals surface area contributed by atoms with Crippen molar-refractivity contribution >= 4 is 5.78 Å². The summed E-state index contributed by atoms with van der Waals surface area (Å²) >= 11 is 0. The van der Waals surface area contributed by atoms with Crippen molar-refractivity contribution in [1.82, 2.24) is 0 Å². The molecule has 2 nitrogen and oxygen atoms in total. The fourth-order valence-electron chi connectivity index (χ4n) is 2.31. The van der Waals surface area contributed by atoms with E-state index in [1.807, 2.05) is 6.92 Å². The molecule has 86 valence electrons. The number of Topliss-reactive ketones (excluding diaryl/α,β-unsaturated/α-hetero) is 1. The summed E-state index contributed by atoms with van der Waals surface area (Å²) < 4.78 is 0. The first-order chi connectivity index (χ1) is 7.19. The zero-order valence-corrected chi connectivity index (χ0v) is 9.88. The molecule has 0 aliphatic heterocycles.